The van der Waals surface area contributed by atoms with Gasteiger partial charge in [0.25, 0.3) is 5.91 Å². The molecule has 1 amide bonds. The number of ether oxygens (including phenoxy) is 1. The monoisotopic (exact) mass is 604 g/mol. The number of aromatic nitrogens is 2. The van der Waals surface area contributed by atoms with Crippen molar-refractivity contribution in [2.75, 3.05) is 44.2 Å². The number of hydrogen-bond donors (Lipinski definition) is 0. The summed E-state index contributed by atoms with van der Waals surface area (Å²) in [6.07, 6.45) is 9.35. The van der Waals surface area contributed by atoms with Crippen LogP contribution in [-0.4, -0.2) is 76.6 Å². The van der Waals surface area contributed by atoms with Gasteiger partial charge in [0.2, 0.25) is 0 Å². The molecule has 43 heavy (non-hydrogen) atoms. The van der Waals surface area contributed by atoms with Crippen LogP contribution in [0.2, 0.25) is 5.02 Å². The van der Waals surface area contributed by atoms with Crippen LogP contribution >= 0.6 is 11.6 Å². The molecule has 0 saturated carbocycles. The molecule has 3 fully saturated rings. The Morgan fingerprint density at radius 1 is 1.12 bits per heavy atom. The lowest BCUT2D eigenvalue weighted by Crippen LogP contribution is -2.55. The molecule has 4 heterocycles. The first-order valence-corrected chi connectivity index (χ1v) is 16.0. The van der Waals surface area contributed by atoms with E-state index in [0.29, 0.717) is 25.7 Å². The fourth-order valence-corrected chi connectivity index (χ4v) is 8.93. The number of piperazine rings is 1. The van der Waals surface area contributed by atoms with Crippen molar-refractivity contribution in [3.63, 3.8) is 0 Å². The molecule has 2 aromatic rings. The third-order valence-corrected chi connectivity index (χ3v) is 11.2. The minimum atomic E-state index is -0.999. The Balaban J connectivity index is 1.23. The Hall–Kier alpha value is -3.22. The SMILES string of the molecule is C=C(F)C(=O)N1CCN(c2nc(OCC34CCCN3CCC4)nc3c2CC[C@@]2(CCc4c(Cl)cccc42)C3)C[C@@H]1CC#N. The van der Waals surface area contributed by atoms with Gasteiger partial charge in [0.1, 0.15) is 12.4 Å². The number of nitrogens with zero attached hydrogens (tertiary/aromatic N) is 6. The molecule has 226 valence electrons. The van der Waals surface area contributed by atoms with Gasteiger partial charge in [-0.3, -0.25) is 9.69 Å². The van der Waals surface area contributed by atoms with Gasteiger partial charge in [0.05, 0.1) is 29.8 Å². The van der Waals surface area contributed by atoms with Crippen molar-refractivity contribution in [3.8, 4) is 12.1 Å². The van der Waals surface area contributed by atoms with Crippen LogP contribution in [0.25, 0.3) is 0 Å². The maximum atomic E-state index is 13.8. The van der Waals surface area contributed by atoms with Crippen molar-refractivity contribution in [1.29, 1.82) is 5.26 Å². The fourth-order valence-electron chi connectivity index (χ4n) is 8.66. The van der Waals surface area contributed by atoms with E-state index in [1.54, 1.807) is 0 Å². The van der Waals surface area contributed by atoms with Crippen LogP contribution in [0.15, 0.2) is 30.6 Å². The molecule has 8 nitrogen and oxygen atoms in total. The van der Waals surface area contributed by atoms with Crippen LogP contribution in [0, 0.1) is 11.3 Å². The highest BCUT2D eigenvalue weighted by molar-refractivity contribution is 6.31. The normalized spacial score (nSPS) is 25.7. The average Bonchev–Trinajstić information content (AvgIpc) is 3.69. The number of amides is 1. The van der Waals surface area contributed by atoms with Crippen LogP contribution < -0.4 is 9.64 Å². The maximum absolute atomic E-state index is 13.8. The second-order valence-corrected chi connectivity index (χ2v) is 13.5. The van der Waals surface area contributed by atoms with Crippen molar-refractivity contribution >= 4 is 23.3 Å². The minimum absolute atomic E-state index is 0.0154. The number of halogens is 2. The maximum Gasteiger partial charge on any atom is 0.318 e. The van der Waals surface area contributed by atoms with Gasteiger partial charge in [-0.2, -0.15) is 15.2 Å². The molecule has 3 saturated heterocycles. The number of carbonyl (C=O) groups is 1. The van der Waals surface area contributed by atoms with Crippen molar-refractivity contribution < 1.29 is 13.9 Å². The topological polar surface area (TPSA) is 85.6 Å². The molecule has 0 bridgehead atoms. The number of anilines is 1. The number of hydrogen-bond acceptors (Lipinski definition) is 7. The van der Waals surface area contributed by atoms with Crippen LogP contribution in [0.4, 0.5) is 10.2 Å². The first kappa shape index (κ1) is 28.5. The Labute approximate surface area is 257 Å². The van der Waals surface area contributed by atoms with Gasteiger partial charge in [0, 0.05) is 35.6 Å². The third kappa shape index (κ3) is 4.87. The number of fused-ring (bicyclic) bond motifs is 4. The Morgan fingerprint density at radius 3 is 2.63 bits per heavy atom. The molecule has 0 unspecified atom stereocenters. The molecule has 1 spiro atoms. The highest BCUT2D eigenvalue weighted by atomic mass is 35.5. The van der Waals surface area contributed by atoms with E-state index < -0.39 is 17.8 Å². The van der Waals surface area contributed by atoms with Gasteiger partial charge in [-0.1, -0.05) is 30.3 Å². The van der Waals surface area contributed by atoms with E-state index in [0.717, 1.165) is 80.1 Å². The largest absolute Gasteiger partial charge is 0.461 e. The van der Waals surface area contributed by atoms with Gasteiger partial charge in [-0.15, -0.1) is 0 Å². The summed E-state index contributed by atoms with van der Waals surface area (Å²) >= 11 is 6.63. The van der Waals surface area contributed by atoms with Gasteiger partial charge in [0.15, 0.2) is 5.83 Å². The third-order valence-electron chi connectivity index (χ3n) is 10.8. The molecule has 3 aliphatic heterocycles. The summed E-state index contributed by atoms with van der Waals surface area (Å²) < 4.78 is 20.3. The molecule has 7 rings (SSSR count). The lowest BCUT2D eigenvalue weighted by atomic mass is 9.69. The summed E-state index contributed by atoms with van der Waals surface area (Å²) in [7, 11) is 0. The second kappa shape index (κ2) is 11.0. The zero-order valence-electron chi connectivity index (χ0n) is 24.6. The van der Waals surface area contributed by atoms with E-state index in [9.17, 15) is 14.4 Å². The van der Waals surface area contributed by atoms with Gasteiger partial charge >= 0.3 is 6.01 Å². The van der Waals surface area contributed by atoms with Crippen LogP contribution in [-0.2, 0) is 29.5 Å². The molecule has 2 atom stereocenters. The van der Waals surface area contributed by atoms with Crippen LogP contribution in [0.5, 0.6) is 6.01 Å². The molecule has 0 radical (unpaired) electrons. The van der Waals surface area contributed by atoms with Crippen molar-refractivity contribution in [1.82, 2.24) is 19.8 Å². The highest BCUT2D eigenvalue weighted by Gasteiger charge is 2.46. The predicted molar refractivity (Wildman–Crippen MR) is 162 cm³/mol. The molecule has 1 aromatic heterocycles. The summed E-state index contributed by atoms with van der Waals surface area (Å²) in [5.74, 6) is -0.924. The number of carbonyl (C=O) groups excluding carboxylic acids is 1. The van der Waals surface area contributed by atoms with E-state index in [1.807, 2.05) is 6.07 Å². The molecular formula is C33H38ClFN6O2. The summed E-state index contributed by atoms with van der Waals surface area (Å²) in [5, 5.41) is 10.4. The van der Waals surface area contributed by atoms with Crippen molar-refractivity contribution in [3.05, 3.63) is 58.0 Å². The summed E-state index contributed by atoms with van der Waals surface area (Å²) in [4.78, 5) is 28.8. The van der Waals surface area contributed by atoms with Gasteiger partial charge in [-0.25, -0.2) is 4.39 Å². The second-order valence-electron chi connectivity index (χ2n) is 13.1. The molecule has 1 aromatic carbocycles. The Bertz CT molecular complexity index is 1500. The quantitative estimate of drug-likeness (QED) is 0.433. The number of rotatable bonds is 6. The first-order valence-electron chi connectivity index (χ1n) is 15.7. The molecule has 0 N–H and O–H groups in total. The standard InChI is InChI=1S/C33H38ClFN6O2/c1-22(35)30(42)41-18-17-39(20-23(41)9-14-36)29-25-8-13-32(12-7-24-26(32)5-2-6-27(24)34)19-28(25)37-31(38-29)43-21-33-10-3-15-40(33)16-4-11-33/h2,5-6,23H,1,3-4,7-13,15-21H2/t23-,32-/m0/s1. The number of nitriles is 1. The van der Waals surface area contributed by atoms with E-state index in [4.69, 9.17) is 26.3 Å². The van der Waals surface area contributed by atoms with Gasteiger partial charge < -0.3 is 14.5 Å². The zero-order valence-corrected chi connectivity index (χ0v) is 25.3. The molecule has 5 aliphatic rings. The van der Waals surface area contributed by atoms with Crippen molar-refractivity contribution in [2.24, 2.45) is 0 Å². The first-order chi connectivity index (χ1) is 20.8. The van der Waals surface area contributed by atoms with E-state index in [2.05, 4.69) is 34.6 Å². The Morgan fingerprint density at radius 2 is 1.88 bits per heavy atom. The van der Waals surface area contributed by atoms with Crippen LogP contribution in [0.1, 0.15) is 67.3 Å². The highest BCUT2D eigenvalue weighted by Crippen LogP contribution is 2.50. The lowest BCUT2D eigenvalue weighted by Gasteiger charge is -2.43. The van der Waals surface area contributed by atoms with Crippen molar-refractivity contribution in [2.45, 2.75) is 81.2 Å². The zero-order chi connectivity index (χ0) is 29.8. The molecule has 2 aliphatic carbocycles. The van der Waals surface area contributed by atoms with Gasteiger partial charge in [-0.05, 0) is 88.1 Å². The molecular weight excluding hydrogens is 567 g/mol. The van der Waals surface area contributed by atoms with Crippen LogP contribution in [0.3, 0.4) is 0 Å². The van der Waals surface area contributed by atoms with E-state index in [-0.39, 0.29) is 23.9 Å². The average molecular weight is 605 g/mol. The smallest absolute Gasteiger partial charge is 0.318 e. The fraction of sp³-hybridized carbons (Fsp3) is 0.576. The van der Waals surface area contributed by atoms with E-state index in [1.165, 1.54) is 28.9 Å². The Kier molecular flexibility index (Phi) is 7.33. The number of benzene rings is 1. The predicted octanol–water partition coefficient (Wildman–Crippen LogP) is 4.92. The van der Waals surface area contributed by atoms with E-state index >= 15 is 0 Å². The minimum Gasteiger partial charge on any atom is -0.461 e. The lowest BCUT2D eigenvalue weighted by molar-refractivity contribution is -0.131. The summed E-state index contributed by atoms with van der Waals surface area (Å²) in [5.41, 5.74) is 4.78. The summed E-state index contributed by atoms with van der Waals surface area (Å²) in [6.45, 7) is 7.18. The molecule has 10 heteroatoms. The summed E-state index contributed by atoms with van der Waals surface area (Å²) in [6, 6.07) is 8.39.